The van der Waals surface area contributed by atoms with Crippen molar-refractivity contribution >= 4 is 45.5 Å². The van der Waals surface area contributed by atoms with E-state index in [0.29, 0.717) is 0 Å². The zero-order valence-corrected chi connectivity index (χ0v) is 16.9. The molecule has 0 unspecified atom stereocenters. The Hall–Kier alpha value is -0.651. The first-order chi connectivity index (χ1) is 10.6. The summed E-state index contributed by atoms with van der Waals surface area (Å²) >= 11 is 6.68. The Morgan fingerprint density at radius 1 is 0.864 bits per heavy atom. The fourth-order valence-electron chi connectivity index (χ4n) is 1.73. The Morgan fingerprint density at radius 2 is 1.23 bits per heavy atom. The number of hydrogen-bond acceptors (Lipinski definition) is 0. The van der Waals surface area contributed by atoms with E-state index in [1.165, 1.54) is 10.6 Å². The fourth-order valence-corrected chi connectivity index (χ4v) is 6.22. The van der Waals surface area contributed by atoms with Crippen LogP contribution in [-0.2, 0) is 0 Å². The van der Waals surface area contributed by atoms with Gasteiger partial charge in [0, 0.05) is 0 Å². The Bertz CT molecular complexity index is 560. The Morgan fingerprint density at radius 3 is 1.55 bits per heavy atom. The van der Waals surface area contributed by atoms with Gasteiger partial charge < -0.3 is 5.32 Å². The molecule has 2 rings (SSSR count). The molecule has 0 aliphatic heterocycles. The van der Waals surface area contributed by atoms with Gasteiger partial charge in [-0.15, -0.1) is 0 Å². The monoisotopic (exact) mass is 443 g/mol. The van der Waals surface area contributed by atoms with Gasteiger partial charge >= 0.3 is 106 Å². The molecule has 0 radical (unpaired) electrons. The van der Waals surface area contributed by atoms with E-state index >= 15 is 0 Å². The minimum atomic E-state index is -1.40. The Labute approximate surface area is 149 Å². The number of hydrogen-bond donors (Lipinski definition) is 1. The Balaban J connectivity index is 0.000000295. The minimum absolute atomic E-state index is 0.992. The first-order valence-electron chi connectivity index (χ1n) is 7.08. The van der Waals surface area contributed by atoms with Gasteiger partial charge in [-0.2, -0.15) is 0 Å². The predicted molar refractivity (Wildman–Crippen MR) is 103 cm³/mol. The molecule has 0 aromatic heterocycles. The molecule has 116 valence electrons. The second-order valence-electron chi connectivity index (χ2n) is 4.56. The molecule has 1 nitrogen and oxygen atoms in total. The van der Waals surface area contributed by atoms with Gasteiger partial charge in [-0.25, -0.2) is 0 Å². The van der Waals surface area contributed by atoms with E-state index in [0.717, 1.165) is 13.1 Å². The van der Waals surface area contributed by atoms with Crippen molar-refractivity contribution in [3.05, 3.63) is 86.0 Å². The third kappa shape index (κ3) is 6.63. The molecule has 0 spiro atoms. The second-order valence-corrected chi connectivity index (χ2v) is 17.1. The van der Waals surface area contributed by atoms with Gasteiger partial charge in [0.25, 0.3) is 0 Å². The van der Waals surface area contributed by atoms with E-state index < -0.39 is 4.20 Å². The molecule has 0 fully saturated rings. The molecule has 2 N–H and O–H groups in total. The van der Waals surface area contributed by atoms with Gasteiger partial charge in [0.05, 0.1) is 13.1 Å². The van der Waals surface area contributed by atoms with Gasteiger partial charge in [-0.05, 0) is 12.2 Å². The summed E-state index contributed by atoms with van der Waals surface area (Å²) in [6.45, 7) is 9.12. The fraction of sp³-hybridized carbons (Fsp3) is 0.111. The van der Waals surface area contributed by atoms with Crippen LogP contribution in [0.1, 0.15) is 0 Å². The van der Waals surface area contributed by atoms with E-state index in [9.17, 15) is 0 Å². The zero-order valence-electron chi connectivity index (χ0n) is 12.6. The molecule has 0 bridgehead atoms. The van der Waals surface area contributed by atoms with E-state index in [-0.39, 0.29) is 0 Å². The maximum absolute atomic E-state index is 3.57. The quantitative estimate of drug-likeness (QED) is 0.305. The summed E-state index contributed by atoms with van der Waals surface area (Å²) in [6, 6.07) is 21.1. The molecule has 0 saturated heterocycles. The van der Waals surface area contributed by atoms with Crippen molar-refractivity contribution in [2.45, 2.75) is 0 Å². The van der Waals surface area contributed by atoms with Crippen molar-refractivity contribution in [1.82, 2.24) is 0 Å². The number of quaternary nitrogens is 1. The molecular weight excluding hydrogens is 419 g/mol. The van der Waals surface area contributed by atoms with Crippen molar-refractivity contribution in [2.75, 3.05) is 13.1 Å². The molecule has 0 atom stereocenters. The van der Waals surface area contributed by atoms with E-state index in [4.69, 9.17) is 0 Å². The van der Waals surface area contributed by atoms with Crippen molar-refractivity contribution in [3.63, 3.8) is 0 Å². The summed E-state index contributed by atoms with van der Waals surface area (Å²) in [5.41, 5.74) is 0. The molecule has 0 heterocycles. The summed E-state index contributed by atoms with van der Waals surface area (Å²) in [6.07, 6.45) is 3.76. The van der Waals surface area contributed by atoms with Gasteiger partial charge in [0.1, 0.15) is 0 Å². The number of benzene rings is 2. The van der Waals surface area contributed by atoms with Crippen molar-refractivity contribution in [1.29, 1.82) is 0 Å². The molecule has 2 aromatic carbocycles. The van der Waals surface area contributed by atoms with Crippen LogP contribution in [0.15, 0.2) is 86.0 Å². The summed E-state index contributed by atoms with van der Waals surface area (Å²) in [5, 5.41) is 4.84. The van der Waals surface area contributed by atoms with E-state index in [2.05, 4.69) is 110 Å². The van der Waals surface area contributed by atoms with E-state index in [1.54, 1.807) is 0 Å². The normalized spacial score (nSPS) is 10.2. The topological polar surface area (TPSA) is 16.6 Å². The average molecular weight is 441 g/mol. The van der Waals surface area contributed by atoms with Crippen molar-refractivity contribution < 1.29 is 5.32 Å². The summed E-state index contributed by atoms with van der Waals surface area (Å²) in [5.74, 6) is 0. The van der Waals surface area contributed by atoms with Crippen LogP contribution in [0.5, 0.6) is 0 Å². The van der Waals surface area contributed by atoms with Crippen LogP contribution < -0.4 is 15.9 Å². The van der Waals surface area contributed by atoms with Crippen LogP contribution in [0, 0.1) is 0 Å². The van der Waals surface area contributed by atoms with Crippen molar-refractivity contribution in [3.8, 4) is 0 Å². The third-order valence-electron chi connectivity index (χ3n) is 2.86. The van der Waals surface area contributed by atoms with Gasteiger partial charge in [-0.3, -0.25) is 0 Å². The van der Waals surface area contributed by atoms with Crippen LogP contribution in [0.4, 0.5) is 0 Å². The van der Waals surface area contributed by atoms with Crippen LogP contribution >= 0.6 is 4.20 Å². The maximum atomic E-state index is 3.57. The molecule has 0 aliphatic rings. The van der Waals surface area contributed by atoms with Crippen LogP contribution in [0.25, 0.3) is 0 Å². The SMILES string of the molecule is C=CC[NH2+]CC=C.[Se]=P([Se-])(c1ccccc1)c1ccccc1. The Kier molecular flexibility index (Phi) is 9.67. The van der Waals surface area contributed by atoms with Crippen LogP contribution in [0.3, 0.4) is 0 Å². The molecule has 22 heavy (non-hydrogen) atoms. The first kappa shape index (κ1) is 19.4. The van der Waals surface area contributed by atoms with Crippen molar-refractivity contribution in [2.24, 2.45) is 0 Å². The number of nitrogens with two attached hydrogens (primary N) is 1. The molecule has 0 saturated carbocycles. The van der Waals surface area contributed by atoms with Gasteiger partial charge in [0.2, 0.25) is 0 Å². The molecule has 2 aromatic rings. The zero-order chi connectivity index (χ0) is 16.3. The average Bonchev–Trinajstić information content (AvgIpc) is 2.58. The summed E-state index contributed by atoms with van der Waals surface area (Å²) < 4.78 is -1.40. The summed E-state index contributed by atoms with van der Waals surface area (Å²) in [7, 11) is 0. The van der Waals surface area contributed by atoms with Gasteiger partial charge in [-0.1, -0.05) is 13.2 Å². The molecule has 4 heteroatoms. The first-order valence-corrected chi connectivity index (χ1v) is 13.3. The van der Waals surface area contributed by atoms with Gasteiger partial charge in [0.15, 0.2) is 0 Å². The molecule has 0 amide bonds. The van der Waals surface area contributed by atoms with Crippen LogP contribution in [-0.4, -0.2) is 43.8 Å². The third-order valence-corrected chi connectivity index (χ3v) is 10.1. The summed E-state index contributed by atoms with van der Waals surface area (Å²) in [4.78, 5) is 0. The van der Waals surface area contributed by atoms with E-state index in [1.807, 2.05) is 12.2 Å². The van der Waals surface area contributed by atoms with Crippen LogP contribution in [0.2, 0.25) is 0 Å². The predicted octanol–water partition coefficient (Wildman–Crippen LogP) is 1.74. The standard InChI is InChI=1S/C12H11PSe2.C6H11N/c14-13(15,11-7-3-1-4-8-11)12-9-5-2-6-10-12;1-3-5-7-6-4-2/h1-10H,(H,14,15);3-4,7H,1-2,5-6H2. The molecule has 0 aliphatic carbocycles. The molecular formula is C18H22NPSe2. The second kappa shape index (κ2) is 11.0. The number of rotatable bonds is 6.